The van der Waals surface area contributed by atoms with Gasteiger partial charge in [0, 0.05) is 0 Å². The SMILES string of the molecule is FC(F)(F)C(Cl)=C(Cl)C(F)(F)C(F)(F)F. The Morgan fingerprint density at radius 2 is 1.00 bits per heavy atom. The van der Waals surface area contributed by atoms with Gasteiger partial charge in [-0.15, -0.1) is 0 Å². The lowest BCUT2D eigenvalue weighted by Gasteiger charge is -2.20. The Morgan fingerprint density at radius 3 is 1.20 bits per heavy atom. The molecule has 0 rings (SSSR count). The summed E-state index contributed by atoms with van der Waals surface area (Å²) in [5.74, 6) is -5.83. The quantitative estimate of drug-likeness (QED) is 0.624. The molecule has 0 heterocycles. The first-order valence-electron chi connectivity index (χ1n) is 2.89. The molecule has 0 aromatic carbocycles. The molecule has 0 aromatic heterocycles. The summed E-state index contributed by atoms with van der Waals surface area (Å²) in [6.07, 6.45) is -11.8. The number of hydrogen-bond acceptors (Lipinski definition) is 0. The van der Waals surface area contributed by atoms with Gasteiger partial charge in [0.05, 0.1) is 0 Å². The third-order valence-corrected chi connectivity index (χ3v) is 2.00. The average molecular weight is 283 g/mol. The zero-order valence-electron chi connectivity index (χ0n) is 6.28. The van der Waals surface area contributed by atoms with Gasteiger partial charge in [0.15, 0.2) is 0 Å². The van der Waals surface area contributed by atoms with Gasteiger partial charge in [-0.2, -0.15) is 35.1 Å². The molecule has 0 unspecified atom stereocenters. The number of rotatable bonds is 1. The Hall–Kier alpha value is -0.240. The molecule has 0 aliphatic rings. The molecule has 0 nitrogen and oxygen atoms in total. The monoisotopic (exact) mass is 282 g/mol. The zero-order chi connectivity index (χ0) is 12.7. The Morgan fingerprint density at radius 1 is 0.667 bits per heavy atom. The zero-order valence-corrected chi connectivity index (χ0v) is 7.79. The van der Waals surface area contributed by atoms with E-state index in [2.05, 4.69) is 23.2 Å². The van der Waals surface area contributed by atoms with Crippen molar-refractivity contribution in [3.8, 4) is 0 Å². The summed E-state index contributed by atoms with van der Waals surface area (Å²) in [6, 6.07) is 0. The number of halogens is 10. The molecule has 0 spiro atoms. The summed E-state index contributed by atoms with van der Waals surface area (Å²) in [7, 11) is 0. The van der Waals surface area contributed by atoms with E-state index in [0.717, 1.165) is 0 Å². The Kier molecular flexibility index (Phi) is 3.91. The molecule has 0 radical (unpaired) electrons. The fourth-order valence-electron chi connectivity index (χ4n) is 0.387. The second-order valence-electron chi connectivity index (χ2n) is 2.20. The van der Waals surface area contributed by atoms with Crippen LogP contribution >= 0.6 is 23.2 Å². The molecule has 0 N–H and O–H groups in total. The fourth-order valence-corrected chi connectivity index (χ4v) is 0.720. The summed E-state index contributed by atoms with van der Waals surface area (Å²) in [4.78, 5) is 0. The first kappa shape index (κ1) is 14.8. The molecule has 90 valence electrons. The van der Waals surface area contributed by atoms with E-state index in [1.807, 2.05) is 0 Å². The molecule has 0 saturated carbocycles. The van der Waals surface area contributed by atoms with Crippen LogP contribution in [0.5, 0.6) is 0 Å². The van der Waals surface area contributed by atoms with E-state index in [4.69, 9.17) is 0 Å². The van der Waals surface area contributed by atoms with Crippen molar-refractivity contribution in [2.75, 3.05) is 0 Å². The lowest BCUT2D eigenvalue weighted by Crippen LogP contribution is -2.38. The summed E-state index contributed by atoms with van der Waals surface area (Å²) in [5.41, 5.74) is 0. The molecule has 0 bridgehead atoms. The van der Waals surface area contributed by atoms with Gasteiger partial charge in [-0.25, -0.2) is 0 Å². The van der Waals surface area contributed by atoms with Gasteiger partial charge in [-0.3, -0.25) is 0 Å². The minimum absolute atomic E-state index is 2.70. The largest absolute Gasteiger partial charge is 0.459 e. The van der Waals surface area contributed by atoms with E-state index >= 15 is 0 Å². The minimum atomic E-state index is -6.24. The van der Waals surface area contributed by atoms with Crippen molar-refractivity contribution in [3.05, 3.63) is 10.1 Å². The van der Waals surface area contributed by atoms with Crippen LogP contribution in [0.25, 0.3) is 0 Å². The Labute approximate surface area is 87.4 Å². The average Bonchev–Trinajstić information content (AvgIpc) is 1.97. The van der Waals surface area contributed by atoms with E-state index < -0.39 is 28.3 Å². The number of alkyl halides is 8. The van der Waals surface area contributed by atoms with Crippen LogP contribution in [0.3, 0.4) is 0 Å². The summed E-state index contributed by atoms with van der Waals surface area (Å²) in [6.45, 7) is 0. The summed E-state index contributed by atoms with van der Waals surface area (Å²) < 4.78 is 94.0. The fraction of sp³-hybridized carbons (Fsp3) is 0.600. The summed E-state index contributed by atoms with van der Waals surface area (Å²) >= 11 is 8.49. The molecule has 0 aliphatic heterocycles. The molecule has 0 fully saturated rings. The highest BCUT2D eigenvalue weighted by Gasteiger charge is 2.62. The van der Waals surface area contributed by atoms with Gasteiger partial charge in [-0.1, -0.05) is 23.2 Å². The van der Waals surface area contributed by atoms with E-state index in [1.54, 1.807) is 0 Å². The first-order valence-corrected chi connectivity index (χ1v) is 3.65. The van der Waals surface area contributed by atoms with Gasteiger partial charge in [0.2, 0.25) is 0 Å². The van der Waals surface area contributed by atoms with Crippen molar-refractivity contribution < 1.29 is 35.1 Å². The standard InChI is InChI=1S/C5Cl2F8/c6-1(2(7)4(10,11)12)3(8,9)5(13,14)15. The van der Waals surface area contributed by atoms with Crippen molar-refractivity contribution in [1.29, 1.82) is 0 Å². The maximum absolute atomic E-state index is 12.2. The summed E-state index contributed by atoms with van der Waals surface area (Å²) in [5, 5.41) is -5.50. The Balaban J connectivity index is 5.44. The molecule has 15 heavy (non-hydrogen) atoms. The molecular formula is C5Cl2F8. The predicted octanol–water partition coefficient (Wildman–Crippen LogP) is 4.44. The number of allylic oxidation sites excluding steroid dienone is 2. The van der Waals surface area contributed by atoms with Gasteiger partial charge in [0.25, 0.3) is 0 Å². The minimum Gasteiger partial charge on any atom is -0.190 e. The van der Waals surface area contributed by atoms with Crippen LogP contribution in [0.4, 0.5) is 35.1 Å². The second kappa shape index (κ2) is 3.97. The normalized spacial score (nSPS) is 16.4. The molecule has 0 amide bonds. The van der Waals surface area contributed by atoms with Crippen molar-refractivity contribution in [3.63, 3.8) is 0 Å². The van der Waals surface area contributed by atoms with Crippen LogP contribution in [0.15, 0.2) is 10.1 Å². The molecule has 0 saturated heterocycles. The molecule has 0 atom stereocenters. The van der Waals surface area contributed by atoms with Gasteiger partial charge >= 0.3 is 18.3 Å². The predicted molar refractivity (Wildman–Crippen MR) is 35.8 cm³/mol. The highest BCUT2D eigenvalue weighted by molar-refractivity contribution is 6.40. The number of hydrogen-bond donors (Lipinski definition) is 0. The van der Waals surface area contributed by atoms with E-state index in [9.17, 15) is 35.1 Å². The van der Waals surface area contributed by atoms with Crippen LogP contribution in [0.2, 0.25) is 0 Å². The van der Waals surface area contributed by atoms with Crippen LogP contribution in [0.1, 0.15) is 0 Å². The molecule has 0 aromatic rings. The van der Waals surface area contributed by atoms with Gasteiger partial charge < -0.3 is 0 Å². The first-order chi connectivity index (χ1) is 6.32. The van der Waals surface area contributed by atoms with E-state index in [-0.39, 0.29) is 0 Å². The van der Waals surface area contributed by atoms with Crippen molar-refractivity contribution in [2.45, 2.75) is 18.3 Å². The van der Waals surface area contributed by atoms with E-state index in [1.165, 1.54) is 0 Å². The van der Waals surface area contributed by atoms with Crippen LogP contribution < -0.4 is 0 Å². The highest BCUT2D eigenvalue weighted by Crippen LogP contribution is 2.47. The van der Waals surface area contributed by atoms with Crippen LogP contribution in [0, 0.1) is 0 Å². The van der Waals surface area contributed by atoms with Crippen LogP contribution in [-0.2, 0) is 0 Å². The molecule has 0 aliphatic carbocycles. The smallest absolute Gasteiger partial charge is 0.190 e. The lowest BCUT2D eigenvalue weighted by atomic mass is 10.3. The van der Waals surface area contributed by atoms with Crippen molar-refractivity contribution >= 4 is 23.2 Å². The highest BCUT2D eigenvalue weighted by atomic mass is 35.5. The third-order valence-electron chi connectivity index (χ3n) is 1.07. The maximum atomic E-state index is 12.2. The van der Waals surface area contributed by atoms with Crippen LogP contribution in [-0.4, -0.2) is 18.3 Å². The van der Waals surface area contributed by atoms with Crippen molar-refractivity contribution in [2.24, 2.45) is 0 Å². The van der Waals surface area contributed by atoms with E-state index in [0.29, 0.717) is 0 Å². The lowest BCUT2D eigenvalue weighted by molar-refractivity contribution is -0.262. The Bertz CT molecular complexity index is 272. The third kappa shape index (κ3) is 3.10. The molecule has 10 heteroatoms. The maximum Gasteiger partial charge on any atom is 0.459 e. The van der Waals surface area contributed by atoms with Crippen molar-refractivity contribution in [1.82, 2.24) is 0 Å². The van der Waals surface area contributed by atoms with Gasteiger partial charge in [-0.05, 0) is 0 Å². The topological polar surface area (TPSA) is 0 Å². The molecular weight excluding hydrogens is 283 g/mol. The second-order valence-corrected chi connectivity index (χ2v) is 2.95. The van der Waals surface area contributed by atoms with Gasteiger partial charge in [0.1, 0.15) is 10.1 Å².